The minimum Gasteiger partial charge on any atom is -0.381 e. The second-order valence-corrected chi connectivity index (χ2v) is 9.78. The number of hydrogen-bond acceptors (Lipinski definition) is 9. The number of halogens is 6. The van der Waals surface area contributed by atoms with E-state index in [4.69, 9.17) is 5.73 Å². The molecule has 0 saturated carbocycles. The van der Waals surface area contributed by atoms with Gasteiger partial charge in [0.2, 0.25) is 0 Å². The van der Waals surface area contributed by atoms with Crippen LogP contribution in [0.3, 0.4) is 0 Å². The molecule has 0 radical (unpaired) electrons. The minimum absolute atomic E-state index is 0.0209. The minimum atomic E-state index is -5.75. The van der Waals surface area contributed by atoms with Crippen molar-refractivity contribution in [1.29, 1.82) is 0 Å². The summed E-state index contributed by atoms with van der Waals surface area (Å²) < 4.78 is 79.4. The monoisotopic (exact) mass is 612 g/mol. The molecule has 1 atom stereocenters. The first kappa shape index (κ1) is 31.3. The first-order valence-electron chi connectivity index (χ1n) is 12.7. The van der Waals surface area contributed by atoms with Gasteiger partial charge >= 0.3 is 18.3 Å². The van der Waals surface area contributed by atoms with Gasteiger partial charge in [0, 0.05) is 43.0 Å². The van der Waals surface area contributed by atoms with E-state index >= 15 is 0 Å². The number of aromatic nitrogens is 2. The summed E-state index contributed by atoms with van der Waals surface area (Å²) in [6.07, 6.45) is -10.2. The van der Waals surface area contributed by atoms with Crippen LogP contribution < -0.4 is 21.0 Å². The predicted molar refractivity (Wildman–Crippen MR) is 142 cm³/mol. The number of hydroxylamine groups is 1. The highest BCUT2D eigenvalue weighted by molar-refractivity contribution is 5.88. The molecule has 16 heteroatoms. The van der Waals surface area contributed by atoms with Gasteiger partial charge < -0.3 is 25.5 Å². The predicted octanol–water partition coefficient (Wildman–Crippen LogP) is 3.56. The number of amides is 1. The number of nitrogen functional groups attached to an aromatic ring is 1. The smallest absolute Gasteiger partial charge is 0.381 e. The Morgan fingerprint density at radius 2 is 1.58 bits per heavy atom. The van der Waals surface area contributed by atoms with Crippen molar-refractivity contribution < 1.29 is 45.9 Å². The lowest BCUT2D eigenvalue weighted by Crippen LogP contribution is -2.55. The first-order valence-corrected chi connectivity index (χ1v) is 12.7. The van der Waals surface area contributed by atoms with E-state index in [9.17, 15) is 41.0 Å². The number of nitrogens with zero attached hydrogens (tertiary/aromatic N) is 4. The number of benzene rings is 2. The van der Waals surface area contributed by atoms with Crippen LogP contribution >= 0.6 is 0 Å². The zero-order valence-corrected chi connectivity index (χ0v) is 22.8. The molecular formula is C27H26F6N6O4. The van der Waals surface area contributed by atoms with Gasteiger partial charge in [-0.05, 0) is 37.1 Å². The van der Waals surface area contributed by atoms with Crippen molar-refractivity contribution in [3.05, 3.63) is 65.4 Å². The van der Waals surface area contributed by atoms with Gasteiger partial charge in [-0.2, -0.15) is 31.8 Å². The maximum atomic E-state index is 14.0. The fourth-order valence-electron chi connectivity index (χ4n) is 4.60. The second-order valence-electron chi connectivity index (χ2n) is 9.78. The fraction of sp³-hybridized carbons (Fsp3) is 0.333. The van der Waals surface area contributed by atoms with Crippen molar-refractivity contribution in [2.45, 2.75) is 31.8 Å². The lowest BCUT2D eigenvalue weighted by Gasteiger charge is -2.37. The molecule has 43 heavy (non-hydrogen) atoms. The van der Waals surface area contributed by atoms with Gasteiger partial charge in [-0.25, -0.2) is 14.8 Å². The number of carbonyl (C=O) groups excluding carboxylic acids is 2. The molecule has 2 heterocycles. The van der Waals surface area contributed by atoms with Crippen molar-refractivity contribution in [3.63, 3.8) is 0 Å². The average molecular weight is 613 g/mol. The molecule has 1 aliphatic rings. The van der Waals surface area contributed by atoms with Crippen molar-refractivity contribution in [2.24, 2.45) is 0 Å². The van der Waals surface area contributed by atoms with Crippen LogP contribution in [-0.2, 0) is 20.0 Å². The van der Waals surface area contributed by atoms with Gasteiger partial charge in [-0.15, -0.1) is 0 Å². The van der Waals surface area contributed by atoms with Crippen LogP contribution in [0.25, 0.3) is 11.3 Å². The molecule has 1 aromatic heterocycles. The summed E-state index contributed by atoms with van der Waals surface area (Å²) in [7, 11) is 0. The Balaban J connectivity index is 1.63. The lowest BCUT2D eigenvalue weighted by molar-refractivity contribution is -0.262. The SMILES string of the molecule is Cc1ccc(C(O)(C(=O)NOC(=O)C(F)(F)F)C(F)(F)F)cc1-c1cnc(N)c(N2CCN(c3ccccc3C)CC2)n1. The van der Waals surface area contributed by atoms with Crippen LogP contribution in [0.5, 0.6) is 0 Å². The van der Waals surface area contributed by atoms with Crippen LogP contribution in [0.1, 0.15) is 16.7 Å². The van der Waals surface area contributed by atoms with E-state index in [1.165, 1.54) is 13.1 Å². The third-order valence-electron chi connectivity index (χ3n) is 6.95. The number of aryl methyl sites for hydroxylation is 2. The maximum absolute atomic E-state index is 14.0. The molecule has 0 bridgehead atoms. The summed E-state index contributed by atoms with van der Waals surface area (Å²) in [4.78, 5) is 39.4. The molecule has 4 rings (SSSR count). The summed E-state index contributed by atoms with van der Waals surface area (Å²) in [6, 6.07) is 10.6. The fourth-order valence-corrected chi connectivity index (χ4v) is 4.60. The quantitative estimate of drug-likeness (QED) is 0.292. The number of para-hydroxylation sites is 1. The summed E-state index contributed by atoms with van der Waals surface area (Å²) in [5.41, 5.74) is 4.00. The van der Waals surface area contributed by atoms with E-state index in [0.717, 1.165) is 34.9 Å². The highest BCUT2D eigenvalue weighted by Gasteiger charge is 2.61. The van der Waals surface area contributed by atoms with Crippen molar-refractivity contribution in [3.8, 4) is 11.3 Å². The molecule has 0 aliphatic carbocycles. The number of nitrogens with one attached hydrogen (secondary N) is 1. The molecular weight excluding hydrogens is 586 g/mol. The van der Waals surface area contributed by atoms with Crippen molar-refractivity contribution in [2.75, 3.05) is 41.7 Å². The Kier molecular flexibility index (Phi) is 8.44. The van der Waals surface area contributed by atoms with Crippen LogP contribution in [0, 0.1) is 13.8 Å². The molecule has 1 saturated heterocycles. The number of piperazine rings is 1. The number of aliphatic hydroxyl groups is 1. The van der Waals surface area contributed by atoms with E-state index in [0.29, 0.717) is 31.7 Å². The standard InChI is InChI=1S/C27H26F6N6O4/c1-15-7-8-17(25(42,27(31,32)33)23(40)37-43-24(41)26(28,29)30)13-18(15)19-14-35-21(34)22(36-19)39-11-9-38(10-12-39)20-6-4-3-5-16(20)2/h3-8,13-14,42H,9-12H2,1-2H3,(H2,34,35)(H,37,40). The Hall–Kier alpha value is -4.60. The average Bonchev–Trinajstić information content (AvgIpc) is 2.95. The third kappa shape index (κ3) is 6.28. The van der Waals surface area contributed by atoms with Crippen LogP contribution in [0.15, 0.2) is 48.7 Å². The van der Waals surface area contributed by atoms with Gasteiger partial charge in [0.15, 0.2) is 11.6 Å². The lowest BCUT2D eigenvalue weighted by atomic mass is 9.89. The summed E-state index contributed by atoms with van der Waals surface area (Å²) in [5, 5.41) is 10.5. The molecule has 1 amide bonds. The Labute approximate surface area is 241 Å². The Bertz CT molecular complexity index is 1520. The topological polar surface area (TPSA) is 134 Å². The van der Waals surface area contributed by atoms with Crippen molar-refractivity contribution in [1.82, 2.24) is 15.4 Å². The second kappa shape index (κ2) is 11.6. The first-order chi connectivity index (χ1) is 20.0. The van der Waals surface area contributed by atoms with Crippen LogP contribution in [0.2, 0.25) is 0 Å². The van der Waals surface area contributed by atoms with Gasteiger partial charge in [0.05, 0.1) is 11.9 Å². The van der Waals surface area contributed by atoms with E-state index in [1.807, 2.05) is 36.1 Å². The number of carbonyl (C=O) groups is 2. The molecule has 10 nitrogen and oxygen atoms in total. The van der Waals surface area contributed by atoms with Crippen molar-refractivity contribution >= 4 is 29.2 Å². The molecule has 4 N–H and O–H groups in total. The summed E-state index contributed by atoms with van der Waals surface area (Å²) >= 11 is 0. The summed E-state index contributed by atoms with van der Waals surface area (Å²) in [6.45, 7) is 5.77. The number of hydrogen-bond donors (Lipinski definition) is 3. The van der Waals surface area contributed by atoms with Crippen LogP contribution in [0.4, 0.5) is 43.7 Å². The molecule has 230 valence electrons. The van der Waals surface area contributed by atoms with E-state index < -0.39 is 35.4 Å². The zero-order chi connectivity index (χ0) is 31.7. The normalized spacial score (nSPS) is 15.6. The van der Waals surface area contributed by atoms with Crippen LogP contribution in [-0.4, -0.2) is 65.5 Å². The Morgan fingerprint density at radius 3 is 2.19 bits per heavy atom. The molecule has 3 aromatic rings. The number of rotatable bonds is 5. The number of alkyl halides is 6. The van der Waals surface area contributed by atoms with E-state index in [-0.39, 0.29) is 22.9 Å². The number of nitrogens with two attached hydrogens (primary N) is 1. The molecule has 1 unspecified atom stereocenters. The van der Waals surface area contributed by atoms with E-state index in [2.05, 4.69) is 19.7 Å². The highest BCUT2D eigenvalue weighted by Crippen LogP contribution is 2.41. The van der Waals surface area contributed by atoms with Gasteiger partial charge in [0.25, 0.3) is 11.5 Å². The van der Waals surface area contributed by atoms with E-state index in [1.54, 1.807) is 0 Å². The highest BCUT2D eigenvalue weighted by atomic mass is 19.4. The largest absolute Gasteiger partial charge is 0.493 e. The number of anilines is 3. The van der Waals surface area contributed by atoms with Gasteiger partial charge in [-0.1, -0.05) is 30.3 Å². The zero-order valence-electron chi connectivity index (χ0n) is 22.8. The maximum Gasteiger partial charge on any atom is 0.493 e. The molecule has 1 aliphatic heterocycles. The molecule has 0 spiro atoms. The molecule has 1 fully saturated rings. The summed E-state index contributed by atoms with van der Waals surface area (Å²) in [5.74, 6) is -5.11. The van der Waals surface area contributed by atoms with Gasteiger partial charge in [0.1, 0.15) is 0 Å². The Morgan fingerprint density at radius 1 is 0.953 bits per heavy atom. The van der Waals surface area contributed by atoms with Gasteiger partial charge in [-0.3, -0.25) is 4.79 Å². The molecule has 2 aromatic carbocycles. The third-order valence-corrected chi connectivity index (χ3v) is 6.95.